The van der Waals surface area contributed by atoms with Crippen LogP contribution in [0.5, 0.6) is 5.75 Å². The molecule has 1 heterocycles. The topological polar surface area (TPSA) is 64.4 Å². The fourth-order valence-electron chi connectivity index (χ4n) is 4.31. The Balaban J connectivity index is 1.15. The number of hydrogen-bond donors (Lipinski definition) is 1. The molecule has 1 aliphatic carbocycles. The quantitative estimate of drug-likeness (QED) is 0.379. The molecular formula is C27H26N2O3. The number of fused-ring (bicyclic) bond motifs is 1. The number of ether oxygens (including phenoxy) is 1. The summed E-state index contributed by atoms with van der Waals surface area (Å²) in [6.07, 6.45) is 6.53. The molecule has 1 aliphatic rings. The van der Waals surface area contributed by atoms with E-state index in [-0.39, 0.29) is 12.5 Å². The van der Waals surface area contributed by atoms with Crippen molar-refractivity contribution >= 4 is 22.7 Å². The number of carbonyl (C=O) groups excluding carboxylic acids is 1. The van der Waals surface area contributed by atoms with Gasteiger partial charge in [0.15, 0.2) is 12.2 Å². The summed E-state index contributed by atoms with van der Waals surface area (Å²) in [5, 5.41) is 2.87. The number of carbonyl (C=O) groups is 1. The molecule has 5 heteroatoms. The minimum absolute atomic E-state index is 0.0321. The molecule has 0 bridgehead atoms. The van der Waals surface area contributed by atoms with E-state index in [1.165, 1.54) is 37.7 Å². The molecule has 0 aliphatic heterocycles. The number of nitrogens with zero attached hydrogens (tertiary/aromatic N) is 1. The van der Waals surface area contributed by atoms with Gasteiger partial charge >= 0.3 is 0 Å². The van der Waals surface area contributed by atoms with Crippen LogP contribution >= 0.6 is 0 Å². The summed E-state index contributed by atoms with van der Waals surface area (Å²) in [5.74, 6) is 1.74. The maximum atomic E-state index is 12.3. The monoisotopic (exact) mass is 426 g/mol. The molecule has 0 radical (unpaired) electrons. The molecule has 0 unspecified atom stereocenters. The van der Waals surface area contributed by atoms with E-state index in [1.54, 1.807) is 0 Å². The zero-order valence-corrected chi connectivity index (χ0v) is 17.9. The number of oxazole rings is 1. The van der Waals surface area contributed by atoms with Crippen LogP contribution in [0.4, 0.5) is 5.69 Å². The smallest absolute Gasteiger partial charge is 0.262 e. The summed E-state index contributed by atoms with van der Waals surface area (Å²) >= 11 is 0. The lowest BCUT2D eigenvalue weighted by Gasteiger charge is -2.22. The fourth-order valence-corrected chi connectivity index (χ4v) is 4.31. The zero-order chi connectivity index (χ0) is 21.8. The van der Waals surface area contributed by atoms with E-state index >= 15 is 0 Å². The first-order valence-corrected chi connectivity index (χ1v) is 11.2. The number of benzene rings is 3. The summed E-state index contributed by atoms with van der Waals surface area (Å²) in [7, 11) is 0. The third-order valence-electron chi connectivity index (χ3n) is 6.04. The Morgan fingerprint density at radius 3 is 2.44 bits per heavy atom. The molecule has 5 rings (SSSR count). The van der Waals surface area contributed by atoms with Crippen molar-refractivity contribution in [2.45, 2.75) is 38.0 Å². The minimum Gasteiger partial charge on any atom is -0.484 e. The molecule has 4 aromatic rings. The predicted molar refractivity (Wildman–Crippen MR) is 126 cm³/mol. The number of rotatable bonds is 6. The molecule has 32 heavy (non-hydrogen) atoms. The molecule has 5 nitrogen and oxygen atoms in total. The predicted octanol–water partition coefficient (Wildman–Crippen LogP) is 6.56. The molecule has 1 aromatic heterocycles. The van der Waals surface area contributed by atoms with Crippen LogP contribution in [0, 0.1) is 0 Å². The average molecular weight is 427 g/mol. The van der Waals surface area contributed by atoms with Gasteiger partial charge in [-0.05, 0) is 72.9 Å². The molecule has 1 amide bonds. The molecule has 1 fully saturated rings. The van der Waals surface area contributed by atoms with Crippen molar-refractivity contribution in [1.82, 2.24) is 4.98 Å². The Morgan fingerprint density at radius 1 is 0.938 bits per heavy atom. The standard InChI is InChI=1S/C27H26N2O3/c30-26(18-31-23-16-12-20(13-17-23)19-6-2-1-3-7-19)28-22-14-10-21(11-15-22)27-29-24-8-4-5-9-25(24)32-27/h4-5,8-17,19H,1-3,6-7,18H2,(H,28,30). The van der Waals surface area contributed by atoms with Crippen molar-refractivity contribution in [2.75, 3.05) is 11.9 Å². The van der Waals surface area contributed by atoms with Gasteiger partial charge in [-0.25, -0.2) is 4.98 Å². The van der Waals surface area contributed by atoms with E-state index in [1.807, 2.05) is 60.7 Å². The van der Waals surface area contributed by atoms with E-state index < -0.39 is 0 Å². The van der Waals surface area contributed by atoms with E-state index in [2.05, 4.69) is 22.4 Å². The second kappa shape index (κ2) is 9.27. The lowest BCUT2D eigenvalue weighted by Crippen LogP contribution is -2.20. The largest absolute Gasteiger partial charge is 0.484 e. The molecule has 162 valence electrons. The Bertz CT molecular complexity index is 1160. The van der Waals surface area contributed by atoms with Crippen molar-refractivity contribution in [3.63, 3.8) is 0 Å². The molecular weight excluding hydrogens is 400 g/mol. The van der Waals surface area contributed by atoms with Crippen LogP contribution in [-0.4, -0.2) is 17.5 Å². The van der Waals surface area contributed by atoms with Crippen molar-refractivity contribution in [3.05, 3.63) is 78.4 Å². The van der Waals surface area contributed by atoms with Crippen LogP contribution in [0.3, 0.4) is 0 Å². The van der Waals surface area contributed by atoms with Gasteiger partial charge < -0.3 is 14.5 Å². The van der Waals surface area contributed by atoms with Gasteiger partial charge in [0.2, 0.25) is 5.89 Å². The Labute approximate surface area is 187 Å². The van der Waals surface area contributed by atoms with E-state index in [4.69, 9.17) is 9.15 Å². The highest BCUT2D eigenvalue weighted by Gasteiger charge is 2.15. The number of anilines is 1. The SMILES string of the molecule is O=C(COc1ccc(C2CCCCC2)cc1)Nc1ccc(-c2nc3ccccc3o2)cc1. The third kappa shape index (κ3) is 4.67. The average Bonchev–Trinajstić information content (AvgIpc) is 3.28. The van der Waals surface area contributed by atoms with Gasteiger partial charge in [-0.3, -0.25) is 4.79 Å². The van der Waals surface area contributed by atoms with Crippen LogP contribution in [0.2, 0.25) is 0 Å². The summed E-state index contributed by atoms with van der Waals surface area (Å²) in [5.41, 5.74) is 4.51. The lowest BCUT2D eigenvalue weighted by molar-refractivity contribution is -0.118. The van der Waals surface area contributed by atoms with Gasteiger partial charge in [0.1, 0.15) is 11.3 Å². The second-order valence-electron chi connectivity index (χ2n) is 8.30. The maximum absolute atomic E-state index is 12.3. The Morgan fingerprint density at radius 2 is 1.69 bits per heavy atom. The van der Waals surface area contributed by atoms with Crippen LogP contribution in [0.25, 0.3) is 22.6 Å². The lowest BCUT2D eigenvalue weighted by atomic mass is 9.84. The number of amides is 1. The fraction of sp³-hybridized carbons (Fsp3) is 0.259. The molecule has 1 saturated carbocycles. The highest BCUT2D eigenvalue weighted by atomic mass is 16.5. The van der Waals surface area contributed by atoms with Crippen LogP contribution in [0.1, 0.15) is 43.6 Å². The molecule has 3 aromatic carbocycles. The first-order valence-electron chi connectivity index (χ1n) is 11.2. The molecule has 0 atom stereocenters. The van der Waals surface area contributed by atoms with Crippen molar-refractivity contribution in [2.24, 2.45) is 0 Å². The van der Waals surface area contributed by atoms with Gasteiger partial charge in [-0.2, -0.15) is 0 Å². The Hall–Kier alpha value is -3.60. The normalized spacial score (nSPS) is 14.4. The summed E-state index contributed by atoms with van der Waals surface area (Å²) < 4.78 is 11.5. The number of para-hydroxylation sites is 2. The van der Waals surface area contributed by atoms with Gasteiger partial charge in [-0.1, -0.05) is 43.5 Å². The van der Waals surface area contributed by atoms with Crippen molar-refractivity contribution in [3.8, 4) is 17.2 Å². The van der Waals surface area contributed by atoms with E-state index in [9.17, 15) is 4.79 Å². The Kier molecular flexibility index (Phi) is 5.88. The first kappa shape index (κ1) is 20.3. The number of aromatic nitrogens is 1. The number of nitrogens with one attached hydrogen (secondary N) is 1. The van der Waals surface area contributed by atoms with E-state index in [0.29, 0.717) is 23.2 Å². The van der Waals surface area contributed by atoms with E-state index in [0.717, 1.165) is 16.7 Å². The van der Waals surface area contributed by atoms with Crippen LogP contribution < -0.4 is 10.1 Å². The van der Waals surface area contributed by atoms with Gasteiger partial charge in [0.25, 0.3) is 5.91 Å². The summed E-state index contributed by atoms with van der Waals surface area (Å²) in [4.78, 5) is 16.8. The first-order chi connectivity index (χ1) is 15.7. The van der Waals surface area contributed by atoms with Gasteiger partial charge in [0, 0.05) is 11.3 Å². The highest BCUT2D eigenvalue weighted by molar-refractivity contribution is 5.92. The van der Waals surface area contributed by atoms with Crippen LogP contribution in [-0.2, 0) is 4.79 Å². The van der Waals surface area contributed by atoms with Crippen molar-refractivity contribution < 1.29 is 13.9 Å². The number of hydrogen-bond acceptors (Lipinski definition) is 4. The molecule has 0 saturated heterocycles. The molecule has 1 N–H and O–H groups in total. The zero-order valence-electron chi connectivity index (χ0n) is 17.9. The summed E-state index contributed by atoms with van der Waals surface area (Å²) in [6.45, 7) is -0.0321. The van der Waals surface area contributed by atoms with Crippen molar-refractivity contribution in [1.29, 1.82) is 0 Å². The van der Waals surface area contributed by atoms with Gasteiger partial charge in [0.05, 0.1) is 0 Å². The van der Waals surface area contributed by atoms with Crippen LogP contribution in [0.15, 0.2) is 77.2 Å². The van der Waals surface area contributed by atoms with Gasteiger partial charge in [-0.15, -0.1) is 0 Å². The second-order valence-corrected chi connectivity index (χ2v) is 8.30. The highest BCUT2D eigenvalue weighted by Crippen LogP contribution is 2.33. The summed E-state index contributed by atoms with van der Waals surface area (Å²) in [6, 6.07) is 23.3. The molecule has 0 spiro atoms. The maximum Gasteiger partial charge on any atom is 0.262 e. The third-order valence-corrected chi connectivity index (χ3v) is 6.04. The minimum atomic E-state index is -0.198.